The van der Waals surface area contributed by atoms with Gasteiger partial charge in [-0.15, -0.1) is 0 Å². The molecule has 2 heterocycles. The van der Waals surface area contributed by atoms with Crippen molar-refractivity contribution in [1.29, 1.82) is 0 Å². The Kier molecular flexibility index (Phi) is 8.44. The number of carbonyl (C=O) groups excluding carboxylic acids is 2. The van der Waals surface area contributed by atoms with Crippen LogP contribution < -0.4 is 4.74 Å². The van der Waals surface area contributed by atoms with Gasteiger partial charge in [-0.2, -0.15) is 0 Å². The van der Waals surface area contributed by atoms with Gasteiger partial charge in [-0.05, 0) is 81.8 Å². The van der Waals surface area contributed by atoms with Gasteiger partial charge in [-0.3, -0.25) is 4.79 Å². The molecule has 0 unspecified atom stereocenters. The van der Waals surface area contributed by atoms with Gasteiger partial charge in [0.1, 0.15) is 11.4 Å². The van der Waals surface area contributed by atoms with Crippen molar-refractivity contribution in [2.75, 3.05) is 26.9 Å². The minimum absolute atomic E-state index is 0.0413. The largest absolute Gasteiger partial charge is 0.497 e. The minimum Gasteiger partial charge on any atom is -0.497 e. The minimum atomic E-state index is -2.08. The van der Waals surface area contributed by atoms with Gasteiger partial charge in [0, 0.05) is 38.1 Å². The van der Waals surface area contributed by atoms with Crippen molar-refractivity contribution in [2.45, 2.75) is 103 Å². The van der Waals surface area contributed by atoms with Crippen molar-refractivity contribution >= 4 is 20.3 Å². The van der Waals surface area contributed by atoms with Crippen molar-refractivity contribution in [3.8, 4) is 5.75 Å². The first-order valence-corrected chi connectivity index (χ1v) is 17.7. The van der Waals surface area contributed by atoms with Gasteiger partial charge in [-0.1, -0.05) is 32.9 Å². The van der Waals surface area contributed by atoms with E-state index in [4.69, 9.17) is 13.9 Å². The molecule has 8 nitrogen and oxygen atoms in total. The maximum Gasteiger partial charge on any atom is 0.410 e. The number of aliphatic hydroxyl groups excluding tert-OH is 1. The first-order chi connectivity index (χ1) is 18.6. The first-order valence-electron chi connectivity index (χ1n) is 14.7. The number of piperidine rings is 1. The summed E-state index contributed by atoms with van der Waals surface area (Å²) in [5.74, 6) is 0.767. The van der Waals surface area contributed by atoms with E-state index < -0.39 is 19.5 Å². The van der Waals surface area contributed by atoms with E-state index in [1.807, 2.05) is 54.8 Å². The second-order valence-corrected chi connectivity index (χ2v) is 19.2. The fourth-order valence-corrected chi connectivity index (χ4v) is 8.09. The van der Waals surface area contributed by atoms with E-state index in [9.17, 15) is 14.7 Å². The molecule has 40 heavy (non-hydrogen) atoms. The van der Waals surface area contributed by atoms with E-state index in [0.717, 1.165) is 11.3 Å². The van der Waals surface area contributed by atoms with Gasteiger partial charge in [0.15, 0.2) is 8.32 Å². The maximum atomic E-state index is 14.2. The van der Waals surface area contributed by atoms with Gasteiger partial charge < -0.3 is 28.8 Å². The van der Waals surface area contributed by atoms with Crippen LogP contribution in [0, 0.1) is 17.8 Å². The molecule has 2 aliphatic heterocycles. The summed E-state index contributed by atoms with van der Waals surface area (Å²) in [4.78, 5) is 31.8. The number of amides is 2. The Bertz CT molecular complexity index is 1080. The Hall–Kier alpha value is -2.10. The molecule has 1 saturated carbocycles. The third kappa shape index (κ3) is 5.53. The molecule has 0 radical (unpaired) electrons. The van der Waals surface area contributed by atoms with E-state index in [0.29, 0.717) is 39.0 Å². The Morgan fingerprint density at radius 1 is 1.12 bits per heavy atom. The van der Waals surface area contributed by atoms with Crippen LogP contribution in [0.15, 0.2) is 24.3 Å². The van der Waals surface area contributed by atoms with Gasteiger partial charge in [0.05, 0.1) is 18.7 Å². The molecule has 1 aliphatic carbocycles. The van der Waals surface area contributed by atoms with Crippen LogP contribution >= 0.6 is 0 Å². The monoisotopic (exact) mass is 574 g/mol. The molecule has 1 N–H and O–H groups in total. The summed E-state index contributed by atoms with van der Waals surface area (Å²) in [6.45, 7) is 18.2. The molecule has 2 saturated heterocycles. The summed E-state index contributed by atoms with van der Waals surface area (Å²) in [5, 5.41) is 10.5. The number of hydrogen-bond donors (Lipinski definition) is 1. The standard InChI is InChI=1S/C31H50N2O6Si/c1-29(2,3)39-28(36)32-16-14-25-24-18-22(20-38-40(8,9)30(4,5)6)26(32)31(25,15-17-34)33(27(24)35)19-21-10-12-23(37-7)13-11-21/h10-13,22,24-26,34H,14-20H2,1-9H3/t22-,24+,25+,26-,31-/m0/s1. The zero-order chi connectivity index (χ0) is 29.7. The highest BCUT2D eigenvalue weighted by Crippen LogP contribution is 2.59. The third-order valence-electron chi connectivity index (χ3n) is 9.85. The lowest BCUT2D eigenvalue weighted by atomic mass is 9.58. The number of nitrogens with zero attached hydrogens (tertiary/aromatic N) is 2. The highest BCUT2D eigenvalue weighted by atomic mass is 28.4. The summed E-state index contributed by atoms with van der Waals surface area (Å²) in [7, 11) is -0.447. The predicted molar refractivity (Wildman–Crippen MR) is 158 cm³/mol. The highest BCUT2D eigenvalue weighted by molar-refractivity contribution is 6.74. The van der Waals surface area contributed by atoms with E-state index in [1.54, 1.807) is 7.11 Å². The fourth-order valence-electron chi connectivity index (χ4n) is 7.03. The molecular formula is C31H50N2O6Si. The van der Waals surface area contributed by atoms with Gasteiger partial charge in [0.2, 0.25) is 5.91 Å². The van der Waals surface area contributed by atoms with Crippen LogP contribution in [0.4, 0.5) is 4.79 Å². The van der Waals surface area contributed by atoms with E-state index in [2.05, 4.69) is 33.9 Å². The normalized spacial score (nSPS) is 28.6. The van der Waals surface area contributed by atoms with Crippen LogP contribution in [0.3, 0.4) is 0 Å². The molecule has 1 aromatic carbocycles. The van der Waals surface area contributed by atoms with Crippen LogP contribution in [0.2, 0.25) is 18.1 Å². The summed E-state index contributed by atoms with van der Waals surface area (Å²) >= 11 is 0. The molecule has 0 spiro atoms. The molecule has 2 amide bonds. The molecule has 4 rings (SSSR count). The van der Waals surface area contributed by atoms with Gasteiger partial charge >= 0.3 is 6.09 Å². The summed E-state index contributed by atoms with van der Waals surface area (Å²) in [6.07, 6.45) is 1.44. The average molecular weight is 575 g/mol. The van der Waals surface area contributed by atoms with Crippen LogP contribution in [0.5, 0.6) is 5.75 Å². The fraction of sp³-hybridized carbons (Fsp3) is 0.742. The van der Waals surface area contributed by atoms with Crippen molar-refractivity contribution in [1.82, 2.24) is 9.80 Å². The second kappa shape index (κ2) is 10.9. The summed E-state index contributed by atoms with van der Waals surface area (Å²) in [6, 6.07) is 7.48. The number of carbonyl (C=O) groups is 2. The molecule has 3 aliphatic rings. The smallest absolute Gasteiger partial charge is 0.410 e. The van der Waals surface area contributed by atoms with Crippen molar-refractivity contribution in [3.05, 3.63) is 29.8 Å². The van der Waals surface area contributed by atoms with E-state index >= 15 is 0 Å². The first kappa shape index (κ1) is 30.8. The van der Waals surface area contributed by atoms with Crippen LogP contribution in [-0.4, -0.2) is 79.3 Å². The maximum absolute atomic E-state index is 14.2. The van der Waals surface area contributed by atoms with Crippen LogP contribution in [-0.2, 0) is 20.5 Å². The molecule has 9 heteroatoms. The molecule has 224 valence electrons. The van der Waals surface area contributed by atoms with Crippen molar-refractivity contribution < 1.29 is 28.6 Å². The Balaban J connectivity index is 1.77. The van der Waals surface area contributed by atoms with Crippen LogP contribution in [0.25, 0.3) is 0 Å². The number of aliphatic hydroxyl groups is 1. The van der Waals surface area contributed by atoms with Gasteiger partial charge in [0.25, 0.3) is 0 Å². The Labute approximate surface area is 241 Å². The predicted octanol–water partition coefficient (Wildman–Crippen LogP) is 5.44. The molecule has 5 atom stereocenters. The Morgan fingerprint density at radius 3 is 2.33 bits per heavy atom. The lowest BCUT2D eigenvalue weighted by molar-refractivity contribution is -0.138. The second-order valence-electron chi connectivity index (χ2n) is 14.4. The average Bonchev–Trinajstić information content (AvgIpc) is 3.00. The zero-order valence-electron chi connectivity index (χ0n) is 26.0. The van der Waals surface area contributed by atoms with Gasteiger partial charge in [-0.25, -0.2) is 4.79 Å². The van der Waals surface area contributed by atoms with E-state index in [-0.39, 0.29) is 47.4 Å². The van der Waals surface area contributed by atoms with Crippen molar-refractivity contribution in [2.24, 2.45) is 17.8 Å². The molecular weight excluding hydrogens is 524 g/mol. The summed E-state index contributed by atoms with van der Waals surface area (Å²) in [5.41, 5.74) is -0.336. The molecule has 1 aromatic rings. The number of hydrogen-bond acceptors (Lipinski definition) is 6. The number of likely N-dealkylation sites (tertiary alicyclic amines) is 2. The SMILES string of the molecule is COc1ccc(CN2C(=O)[C@@H]3C[C@@H](CO[Si](C)(C)C(C)(C)C)[C@@H]4N(C(=O)OC(C)(C)C)CC[C@H]3[C@@]42CCO)cc1. The molecule has 3 fully saturated rings. The topological polar surface area (TPSA) is 88.5 Å². The lowest BCUT2D eigenvalue weighted by Gasteiger charge is -2.59. The number of benzene rings is 1. The Morgan fingerprint density at radius 2 is 1.77 bits per heavy atom. The van der Waals surface area contributed by atoms with Crippen LogP contribution in [0.1, 0.15) is 66.4 Å². The highest BCUT2D eigenvalue weighted by Gasteiger charge is 2.69. The third-order valence-corrected chi connectivity index (χ3v) is 14.4. The lowest BCUT2D eigenvalue weighted by Crippen LogP contribution is -2.71. The number of methoxy groups -OCH3 is 1. The zero-order valence-corrected chi connectivity index (χ0v) is 27.0. The number of rotatable bonds is 8. The molecule has 4 bridgehead atoms. The van der Waals surface area contributed by atoms with E-state index in [1.165, 1.54) is 0 Å². The quantitative estimate of drug-likeness (QED) is 0.416. The molecule has 0 aromatic heterocycles. The summed E-state index contributed by atoms with van der Waals surface area (Å²) < 4.78 is 18.0. The van der Waals surface area contributed by atoms with Crippen molar-refractivity contribution in [3.63, 3.8) is 0 Å². The number of ether oxygens (including phenoxy) is 2.